The summed E-state index contributed by atoms with van der Waals surface area (Å²) in [6, 6.07) is 21.6. The zero-order valence-electron chi connectivity index (χ0n) is 14.8. The van der Waals surface area contributed by atoms with Crippen LogP contribution in [-0.2, 0) is 16.6 Å². The van der Waals surface area contributed by atoms with Gasteiger partial charge in [0.25, 0.3) is 0 Å². The van der Waals surface area contributed by atoms with Crippen molar-refractivity contribution in [3.05, 3.63) is 83.9 Å². The van der Waals surface area contributed by atoms with Crippen molar-refractivity contribution < 1.29 is 4.21 Å². The van der Waals surface area contributed by atoms with Gasteiger partial charge in [0.1, 0.15) is 5.69 Å². The average molecular weight is 402 g/mol. The van der Waals surface area contributed by atoms with Crippen LogP contribution in [0.4, 0.5) is 0 Å². The van der Waals surface area contributed by atoms with Crippen molar-refractivity contribution >= 4 is 44.1 Å². The largest absolute Gasteiger partial charge is 0.256 e. The number of benzene rings is 2. The molecule has 0 aliphatic heterocycles. The summed E-state index contributed by atoms with van der Waals surface area (Å²) < 4.78 is 13.3. The fourth-order valence-corrected chi connectivity index (χ4v) is 5.08. The van der Waals surface area contributed by atoms with Crippen molar-refractivity contribution in [2.75, 3.05) is 0 Å². The Hall–Kier alpha value is -2.96. The number of nitrogens with zero attached hydrogens (tertiary/aromatic N) is 3. The second-order valence-electron chi connectivity index (χ2n) is 6.37. The van der Waals surface area contributed by atoms with E-state index in [0.717, 1.165) is 32.4 Å². The highest BCUT2D eigenvalue weighted by molar-refractivity contribution is 7.84. The molecule has 0 aliphatic rings. The maximum atomic E-state index is 13.3. The molecule has 0 saturated heterocycles. The van der Waals surface area contributed by atoms with Gasteiger partial charge in [-0.3, -0.25) is 9.19 Å². The van der Waals surface area contributed by atoms with Gasteiger partial charge in [-0.2, -0.15) is 0 Å². The highest BCUT2D eigenvalue weighted by Crippen LogP contribution is 2.30. The van der Waals surface area contributed by atoms with Crippen LogP contribution in [-0.4, -0.2) is 19.2 Å². The molecular formula is C22H15N3OS2. The number of para-hydroxylation sites is 3. The van der Waals surface area contributed by atoms with Gasteiger partial charge in [-0.05, 0) is 41.3 Å². The molecule has 0 N–H and O–H groups in total. The molecule has 3 aromatic heterocycles. The molecule has 0 bridgehead atoms. The minimum atomic E-state index is -1.34. The molecule has 5 aromatic rings. The summed E-state index contributed by atoms with van der Waals surface area (Å²) in [5, 5.41) is 3.56. The van der Waals surface area contributed by atoms with E-state index in [0.29, 0.717) is 16.5 Å². The van der Waals surface area contributed by atoms with E-state index < -0.39 is 10.8 Å². The second-order valence-corrected chi connectivity index (χ2v) is 8.68. The van der Waals surface area contributed by atoms with Gasteiger partial charge >= 0.3 is 0 Å². The maximum Gasteiger partial charge on any atom is 0.155 e. The molecule has 0 aliphatic carbocycles. The summed E-state index contributed by atoms with van der Waals surface area (Å²) in [6.07, 6.45) is 1.79. The fraction of sp³-hybridized carbons (Fsp3) is 0.0455. The lowest BCUT2D eigenvalue weighted by Crippen LogP contribution is -2.04. The van der Waals surface area contributed by atoms with Gasteiger partial charge in [0, 0.05) is 11.6 Å². The van der Waals surface area contributed by atoms with Gasteiger partial charge in [0.15, 0.2) is 5.03 Å². The van der Waals surface area contributed by atoms with Crippen LogP contribution in [0.3, 0.4) is 0 Å². The molecule has 1 unspecified atom stereocenters. The monoisotopic (exact) mass is 401 g/mol. The molecule has 0 amide bonds. The van der Waals surface area contributed by atoms with E-state index in [1.807, 2.05) is 72.1 Å². The summed E-state index contributed by atoms with van der Waals surface area (Å²) in [5.74, 6) is 0.350. The van der Waals surface area contributed by atoms with Gasteiger partial charge < -0.3 is 0 Å². The topological polar surface area (TPSA) is 55.7 Å². The Bertz CT molecular complexity index is 1320. The van der Waals surface area contributed by atoms with Gasteiger partial charge in [-0.15, -0.1) is 11.3 Å². The van der Waals surface area contributed by atoms with Crippen molar-refractivity contribution in [3.8, 4) is 10.6 Å². The number of rotatable bonds is 4. The number of thiophene rings is 1. The van der Waals surface area contributed by atoms with Crippen LogP contribution >= 0.6 is 11.3 Å². The van der Waals surface area contributed by atoms with Crippen LogP contribution in [0.15, 0.2) is 83.3 Å². The number of hydrogen-bond acceptors (Lipinski definition) is 5. The predicted octanol–water partition coefficient (Wildman–Crippen LogP) is 5.21. The molecule has 0 spiro atoms. The first-order valence-electron chi connectivity index (χ1n) is 8.81. The van der Waals surface area contributed by atoms with Crippen LogP contribution in [0.5, 0.6) is 0 Å². The van der Waals surface area contributed by atoms with Crippen LogP contribution in [0, 0.1) is 0 Å². The molecule has 0 radical (unpaired) electrons. The summed E-state index contributed by atoms with van der Waals surface area (Å²) in [6.45, 7) is 0. The molecule has 136 valence electrons. The first-order valence-corrected chi connectivity index (χ1v) is 11.0. The summed E-state index contributed by atoms with van der Waals surface area (Å²) in [5.41, 5.74) is 4.11. The van der Waals surface area contributed by atoms with E-state index >= 15 is 0 Å². The van der Waals surface area contributed by atoms with Gasteiger partial charge in [-0.25, -0.2) is 9.97 Å². The van der Waals surface area contributed by atoms with E-state index in [1.165, 1.54) is 0 Å². The third kappa shape index (κ3) is 3.21. The molecule has 1 atom stereocenters. The van der Waals surface area contributed by atoms with Gasteiger partial charge in [0.2, 0.25) is 0 Å². The highest BCUT2D eigenvalue weighted by Gasteiger charge is 2.18. The van der Waals surface area contributed by atoms with Gasteiger partial charge in [0.05, 0.1) is 38.0 Å². The Labute approximate surface area is 168 Å². The lowest BCUT2D eigenvalue weighted by atomic mass is 10.2. The van der Waals surface area contributed by atoms with Gasteiger partial charge in [-0.1, -0.05) is 36.4 Å². The quantitative estimate of drug-likeness (QED) is 0.415. The van der Waals surface area contributed by atoms with Crippen LogP contribution in [0.1, 0.15) is 5.56 Å². The SMILES string of the molecule is O=S(Cc1cnc2ccccc2c1)c1nc2ccccc2nc1-c1cccs1. The maximum absolute atomic E-state index is 13.3. The first-order chi connectivity index (χ1) is 13.8. The third-order valence-corrected chi connectivity index (χ3v) is 6.64. The molecule has 2 aromatic carbocycles. The van der Waals surface area contributed by atoms with Crippen LogP contribution in [0.2, 0.25) is 0 Å². The standard InChI is InChI=1S/C22H15N3OS2/c26-28(14-15-12-16-6-1-2-7-17(16)23-13-15)22-21(20-10-5-11-27-20)24-18-8-3-4-9-19(18)25-22/h1-13H,14H2. The zero-order chi connectivity index (χ0) is 18.9. The smallest absolute Gasteiger partial charge is 0.155 e. The summed E-state index contributed by atoms with van der Waals surface area (Å²) in [7, 11) is -1.34. The van der Waals surface area contributed by atoms with E-state index in [9.17, 15) is 4.21 Å². The van der Waals surface area contributed by atoms with E-state index in [4.69, 9.17) is 9.97 Å². The van der Waals surface area contributed by atoms with Crippen molar-refractivity contribution in [2.45, 2.75) is 10.8 Å². The number of pyridine rings is 1. The summed E-state index contributed by atoms with van der Waals surface area (Å²) >= 11 is 1.58. The Morgan fingerprint density at radius 2 is 1.61 bits per heavy atom. The Morgan fingerprint density at radius 1 is 0.857 bits per heavy atom. The average Bonchev–Trinajstić information content (AvgIpc) is 3.27. The summed E-state index contributed by atoms with van der Waals surface area (Å²) in [4.78, 5) is 14.9. The lowest BCUT2D eigenvalue weighted by molar-refractivity contribution is 0.680. The fourth-order valence-electron chi connectivity index (χ4n) is 3.13. The van der Waals surface area contributed by atoms with E-state index in [2.05, 4.69) is 4.98 Å². The van der Waals surface area contributed by atoms with Crippen molar-refractivity contribution in [2.24, 2.45) is 0 Å². The van der Waals surface area contributed by atoms with Crippen molar-refractivity contribution in [1.82, 2.24) is 15.0 Å². The zero-order valence-corrected chi connectivity index (χ0v) is 16.4. The predicted molar refractivity (Wildman–Crippen MR) is 115 cm³/mol. The van der Waals surface area contributed by atoms with E-state index in [1.54, 1.807) is 17.5 Å². The number of fused-ring (bicyclic) bond motifs is 2. The normalized spacial score (nSPS) is 12.4. The first kappa shape index (κ1) is 17.2. The van der Waals surface area contributed by atoms with E-state index in [-0.39, 0.29) is 0 Å². The minimum Gasteiger partial charge on any atom is -0.256 e. The molecule has 5 rings (SSSR count). The number of hydrogen-bond donors (Lipinski definition) is 0. The minimum absolute atomic E-state index is 0.350. The molecular weight excluding hydrogens is 386 g/mol. The molecule has 4 nitrogen and oxygen atoms in total. The molecule has 0 saturated carbocycles. The number of aromatic nitrogens is 3. The van der Waals surface area contributed by atoms with Crippen molar-refractivity contribution in [3.63, 3.8) is 0 Å². The third-order valence-electron chi connectivity index (χ3n) is 4.45. The Balaban J connectivity index is 1.58. The molecule has 6 heteroatoms. The second kappa shape index (κ2) is 7.22. The molecule has 3 heterocycles. The Morgan fingerprint density at radius 3 is 2.39 bits per heavy atom. The molecule has 28 heavy (non-hydrogen) atoms. The highest BCUT2D eigenvalue weighted by atomic mass is 32.2. The Kier molecular flexibility index (Phi) is 4.43. The van der Waals surface area contributed by atoms with Crippen molar-refractivity contribution in [1.29, 1.82) is 0 Å². The lowest BCUT2D eigenvalue weighted by Gasteiger charge is -2.09. The van der Waals surface area contributed by atoms with Crippen LogP contribution < -0.4 is 0 Å². The van der Waals surface area contributed by atoms with Crippen LogP contribution in [0.25, 0.3) is 32.5 Å². The molecule has 0 fully saturated rings.